The van der Waals surface area contributed by atoms with Crippen LogP contribution in [0, 0.1) is 11.8 Å². The van der Waals surface area contributed by atoms with Crippen LogP contribution in [0.2, 0.25) is 0 Å². The predicted molar refractivity (Wildman–Crippen MR) is 116 cm³/mol. The SMILES string of the molecule is CCCCCCOc1ccc(NC(=O)C2C(=O)NC(CC3CCCCC3)C2=O)cc1. The summed E-state index contributed by atoms with van der Waals surface area (Å²) in [6.07, 6.45) is 11.0. The van der Waals surface area contributed by atoms with Gasteiger partial charge in [0, 0.05) is 5.69 Å². The molecule has 164 valence electrons. The smallest absolute Gasteiger partial charge is 0.244 e. The maximum atomic E-state index is 12.7. The van der Waals surface area contributed by atoms with Gasteiger partial charge in [-0.1, -0.05) is 58.3 Å². The van der Waals surface area contributed by atoms with E-state index in [2.05, 4.69) is 17.6 Å². The molecule has 1 heterocycles. The second-order valence-electron chi connectivity index (χ2n) is 8.56. The fraction of sp³-hybridized carbons (Fsp3) is 0.625. The molecule has 30 heavy (non-hydrogen) atoms. The lowest BCUT2D eigenvalue weighted by atomic mass is 9.83. The summed E-state index contributed by atoms with van der Waals surface area (Å²) in [4.78, 5) is 37.6. The number of rotatable bonds is 10. The predicted octanol–water partition coefficient (Wildman–Crippen LogP) is 4.24. The monoisotopic (exact) mass is 414 g/mol. The van der Waals surface area contributed by atoms with E-state index >= 15 is 0 Å². The average molecular weight is 415 g/mol. The molecule has 0 aromatic heterocycles. The van der Waals surface area contributed by atoms with Crippen LogP contribution in [0.4, 0.5) is 5.69 Å². The molecule has 6 nitrogen and oxygen atoms in total. The summed E-state index contributed by atoms with van der Waals surface area (Å²) in [6, 6.07) is 6.52. The molecule has 2 fully saturated rings. The van der Waals surface area contributed by atoms with Crippen LogP contribution >= 0.6 is 0 Å². The molecule has 6 heteroatoms. The van der Waals surface area contributed by atoms with Crippen molar-refractivity contribution >= 4 is 23.3 Å². The van der Waals surface area contributed by atoms with Gasteiger partial charge in [0.1, 0.15) is 5.75 Å². The van der Waals surface area contributed by atoms with Gasteiger partial charge in [-0.2, -0.15) is 0 Å². The molecule has 1 aromatic rings. The van der Waals surface area contributed by atoms with Crippen molar-refractivity contribution in [2.45, 2.75) is 77.2 Å². The summed E-state index contributed by atoms with van der Waals surface area (Å²) in [5.41, 5.74) is 0.551. The van der Waals surface area contributed by atoms with E-state index in [0.29, 0.717) is 24.6 Å². The van der Waals surface area contributed by atoms with Gasteiger partial charge in [0.05, 0.1) is 12.6 Å². The van der Waals surface area contributed by atoms with Gasteiger partial charge in [-0.3, -0.25) is 14.4 Å². The molecule has 2 unspecified atom stereocenters. The maximum absolute atomic E-state index is 12.7. The number of carbonyl (C=O) groups excluding carboxylic acids is 3. The Balaban J connectivity index is 1.48. The highest BCUT2D eigenvalue weighted by atomic mass is 16.5. The summed E-state index contributed by atoms with van der Waals surface area (Å²) in [6.45, 7) is 2.85. The molecular formula is C24H34N2O4. The molecule has 1 saturated heterocycles. The van der Waals surface area contributed by atoms with E-state index in [0.717, 1.165) is 31.4 Å². The Morgan fingerprint density at radius 3 is 2.50 bits per heavy atom. The van der Waals surface area contributed by atoms with Crippen LogP contribution in [0.3, 0.4) is 0 Å². The second-order valence-corrected chi connectivity index (χ2v) is 8.56. The molecule has 2 amide bonds. The third-order valence-corrected chi connectivity index (χ3v) is 6.15. The highest BCUT2D eigenvalue weighted by Crippen LogP contribution is 2.29. The van der Waals surface area contributed by atoms with Gasteiger partial charge in [0.2, 0.25) is 11.8 Å². The molecule has 2 atom stereocenters. The van der Waals surface area contributed by atoms with Crippen molar-refractivity contribution < 1.29 is 19.1 Å². The minimum absolute atomic E-state index is 0.296. The number of hydrogen-bond donors (Lipinski definition) is 2. The molecule has 0 bridgehead atoms. The largest absolute Gasteiger partial charge is 0.494 e. The highest BCUT2D eigenvalue weighted by Gasteiger charge is 2.46. The van der Waals surface area contributed by atoms with Crippen molar-refractivity contribution in [2.75, 3.05) is 11.9 Å². The zero-order chi connectivity index (χ0) is 21.3. The lowest BCUT2D eigenvalue weighted by Gasteiger charge is -2.23. The van der Waals surface area contributed by atoms with E-state index in [9.17, 15) is 14.4 Å². The number of Topliss-reactive ketones (excluding diaryl/α,β-unsaturated/α-hetero) is 1. The number of carbonyl (C=O) groups is 3. The summed E-state index contributed by atoms with van der Waals surface area (Å²) in [5.74, 6) is -1.39. The minimum atomic E-state index is -1.26. The molecule has 1 aliphatic heterocycles. The van der Waals surface area contributed by atoms with Crippen LogP contribution in [-0.2, 0) is 14.4 Å². The van der Waals surface area contributed by atoms with Crippen molar-refractivity contribution in [3.05, 3.63) is 24.3 Å². The normalized spacial score (nSPS) is 22.0. The summed E-state index contributed by atoms with van der Waals surface area (Å²) in [7, 11) is 0. The Kier molecular flexibility index (Phi) is 8.29. The van der Waals surface area contributed by atoms with E-state index in [1.54, 1.807) is 24.3 Å². The number of nitrogens with one attached hydrogen (secondary N) is 2. The number of benzene rings is 1. The van der Waals surface area contributed by atoms with Crippen LogP contribution in [-0.4, -0.2) is 30.2 Å². The molecule has 1 aromatic carbocycles. The molecule has 0 spiro atoms. The van der Waals surface area contributed by atoms with E-state index < -0.39 is 23.8 Å². The van der Waals surface area contributed by atoms with Gasteiger partial charge in [-0.25, -0.2) is 0 Å². The third kappa shape index (κ3) is 6.07. The van der Waals surface area contributed by atoms with E-state index in [4.69, 9.17) is 4.74 Å². The first-order valence-corrected chi connectivity index (χ1v) is 11.5. The molecule has 1 saturated carbocycles. The number of ether oxygens (including phenoxy) is 1. The van der Waals surface area contributed by atoms with Gasteiger partial charge < -0.3 is 15.4 Å². The Bertz CT molecular complexity index is 725. The quantitative estimate of drug-likeness (QED) is 0.443. The number of hydrogen-bond acceptors (Lipinski definition) is 4. The summed E-state index contributed by atoms with van der Waals surface area (Å²) in [5, 5.41) is 5.45. The number of unbranched alkanes of at least 4 members (excludes halogenated alkanes) is 3. The zero-order valence-corrected chi connectivity index (χ0v) is 18.0. The second kappa shape index (κ2) is 11.1. The minimum Gasteiger partial charge on any atom is -0.494 e. The number of ketones is 1. The van der Waals surface area contributed by atoms with Gasteiger partial charge in [-0.15, -0.1) is 0 Å². The Morgan fingerprint density at radius 1 is 1.07 bits per heavy atom. The van der Waals surface area contributed by atoms with Gasteiger partial charge in [0.25, 0.3) is 0 Å². The zero-order valence-electron chi connectivity index (χ0n) is 18.0. The van der Waals surface area contributed by atoms with Crippen molar-refractivity contribution in [2.24, 2.45) is 11.8 Å². The molecule has 0 radical (unpaired) electrons. The highest BCUT2D eigenvalue weighted by molar-refractivity contribution is 6.26. The first-order chi connectivity index (χ1) is 14.6. The number of amides is 2. The third-order valence-electron chi connectivity index (χ3n) is 6.15. The first kappa shape index (κ1) is 22.3. The Labute approximate surface area is 179 Å². The van der Waals surface area contributed by atoms with Gasteiger partial charge in [0.15, 0.2) is 11.7 Å². The van der Waals surface area contributed by atoms with Crippen LogP contribution in [0.15, 0.2) is 24.3 Å². The van der Waals surface area contributed by atoms with Crippen LogP contribution < -0.4 is 15.4 Å². The van der Waals surface area contributed by atoms with Crippen molar-refractivity contribution in [3.63, 3.8) is 0 Å². The van der Waals surface area contributed by atoms with E-state index in [-0.39, 0.29) is 5.78 Å². The number of anilines is 1. The van der Waals surface area contributed by atoms with Crippen molar-refractivity contribution in [3.8, 4) is 5.75 Å². The fourth-order valence-electron chi connectivity index (χ4n) is 4.40. The molecular weight excluding hydrogens is 380 g/mol. The molecule has 2 N–H and O–H groups in total. The van der Waals surface area contributed by atoms with Crippen molar-refractivity contribution in [1.82, 2.24) is 5.32 Å². The van der Waals surface area contributed by atoms with Gasteiger partial charge >= 0.3 is 0 Å². The Hall–Kier alpha value is -2.37. The Morgan fingerprint density at radius 2 is 1.80 bits per heavy atom. The molecule has 2 aliphatic rings. The summed E-state index contributed by atoms with van der Waals surface area (Å²) >= 11 is 0. The van der Waals surface area contributed by atoms with Gasteiger partial charge in [-0.05, 0) is 43.0 Å². The summed E-state index contributed by atoms with van der Waals surface area (Å²) < 4.78 is 5.70. The fourth-order valence-corrected chi connectivity index (χ4v) is 4.40. The first-order valence-electron chi connectivity index (χ1n) is 11.5. The average Bonchev–Trinajstić information content (AvgIpc) is 3.02. The van der Waals surface area contributed by atoms with Crippen LogP contribution in [0.5, 0.6) is 5.75 Å². The van der Waals surface area contributed by atoms with Crippen molar-refractivity contribution in [1.29, 1.82) is 0 Å². The van der Waals surface area contributed by atoms with Crippen LogP contribution in [0.1, 0.15) is 71.1 Å². The topological polar surface area (TPSA) is 84.5 Å². The molecule has 3 rings (SSSR count). The van der Waals surface area contributed by atoms with Crippen LogP contribution in [0.25, 0.3) is 0 Å². The maximum Gasteiger partial charge on any atom is 0.244 e. The lowest BCUT2D eigenvalue weighted by molar-refractivity contribution is -0.135. The molecule has 1 aliphatic carbocycles. The van der Waals surface area contributed by atoms with E-state index in [1.165, 1.54) is 32.1 Å². The van der Waals surface area contributed by atoms with E-state index in [1.807, 2.05) is 0 Å². The lowest BCUT2D eigenvalue weighted by Crippen LogP contribution is -2.33. The standard InChI is InChI=1S/C24H34N2O4/c1-2-3-4-8-15-30-19-13-11-18(12-14-19)25-23(28)21-22(27)20(26-24(21)29)16-17-9-6-5-7-10-17/h11-14,17,20-21H,2-10,15-16H2,1H3,(H,25,28)(H,26,29).